The fourth-order valence-electron chi connectivity index (χ4n) is 3.99. The third kappa shape index (κ3) is 3.92. The second-order valence-corrected chi connectivity index (χ2v) is 9.75. The average molecular weight is 473 g/mol. The van der Waals surface area contributed by atoms with Crippen molar-refractivity contribution in [3.8, 4) is 17.0 Å². The topological polar surface area (TPSA) is 89.0 Å². The highest BCUT2D eigenvalue weighted by atomic mass is 32.2. The van der Waals surface area contributed by atoms with Crippen molar-refractivity contribution in [2.75, 3.05) is 12.4 Å². The van der Waals surface area contributed by atoms with Crippen molar-refractivity contribution in [1.82, 2.24) is 13.9 Å². The van der Waals surface area contributed by atoms with Gasteiger partial charge >= 0.3 is 0 Å². The van der Waals surface area contributed by atoms with E-state index in [4.69, 9.17) is 9.72 Å². The summed E-state index contributed by atoms with van der Waals surface area (Å²) >= 11 is 0. The Morgan fingerprint density at radius 2 is 1.71 bits per heavy atom. The summed E-state index contributed by atoms with van der Waals surface area (Å²) in [5.74, 6) is 1.25. The molecule has 2 aromatic heterocycles. The van der Waals surface area contributed by atoms with Gasteiger partial charge in [-0.05, 0) is 42.8 Å². The number of methoxy groups -OCH3 is 1. The zero-order valence-electron chi connectivity index (χ0n) is 18.8. The molecule has 8 heteroatoms. The van der Waals surface area contributed by atoms with Gasteiger partial charge in [0.2, 0.25) is 5.95 Å². The number of anilines is 1. The minimum absolute atomic E-state index is 0.221. The second-order valence-electron chi connectivity index (χ2n) is 7.94. The van der Waals surface area contributed by atoms with E-state index < -0.39 is 10.0 Å². The fourth-order valence-corrected chi connectivity index (χ4v) is 5.38. The predicted octanol–water partition coefficient (Wildman–Crippen LogP) is 5.20. The average Bonchev–Trinajstić information content (AvgIpc) is 3.43. The molecule has 2 N–H and O–H groups in total. The van der Waals surface area contributed by atoms with Crippen LogP contribution in [0.25, 0.3) is 22.2 Å². The minimum Gasteiger partial charge on any atom is -0.497 e. The number of hydrogen-bond donors (Lipinski definition) is 2. The maximum atomic E-state index is 13.5. The molecule has 34 heavy (non-hydrogen) atoms. The molecule has 0 aliphatic heterocycles. The molecule has 2 heterocycles. The summed E-state index contributed by atoms with van der Waals surface area (Å²) in [5, 5.41) is 4.05. The first-order chi connectivity index (χ1) is 16.5. The summed E-state index contributed by atoms with van der Waals surface area (Å²) in [6, 6.07) is 23.8. The molecule has 0 aliphatic rings. The van der Waals surface area contributed by atoms with Crippen molar-refractivity contribution >= 4 is 26.9 Å². The Balaban J connectivity index is 1.61. The molecule has 0 amide bonds. The molecular weight excluding hydrogens is 448 g/mol. The quantitative estimate of drug-likeness (QED) is 0.340. The molecule has 0 saturated heterocycles. The van der Waals surface area contributed by atoms with E-state index in [0.29, 0.717) is 35.0 Å². The van der Waals surface area contributed by atoms with Crippen molar-refractivity contribution in [1.29, 1.82) is 0 Å². The number of fused-ring (bicyclic) bond motifs is 1. The summed E-state index contributed by atoms with van der Waals surface area (Å²) in [6.45, 7) is 2.54. The third-order valence-electron chi connectivity index (χ3n) is 5.72. The maximum Gasteiger partial charge on any atom is 0.268 e. The Bertz CT molecular complexity index is 1560. The number of hydrogen-bond acceptors (Lipinski definition) is 5. The zero-order valence-corrected chi connectivity index (χ0v) is 19.6. The molecule has 172 valence electrons. The zero-order chi connectivity index (χ0) is 23.7. The lowest BCUT2D eigenvalue weighted by atomic mass is 10.1. The normalized spacial score (nSPS) is 11.6. The van der Waals surface area contributed by atoms with Gasteiger partial charge in [-0.1, -0.05) is 48.5 Å². The van der Waals surface area contributed by atoms with Crippen molar-refractivity contribution in [3.63, 3.8) is 0 Å². The van der Waals surface area contributed by atoms with Gasteiger partial charge in [0.25, 0.3) is 10.0 Å². The Morgan fingerprint density at radius 3 is 2.41 bits per heavy atom. The van der Waals surface area contributed by atoms with Crippen molar-refractivity contribution in [2.24, 2.45) is 0 Å². The van der Waals surface area contributed by atoms with Gasteiger partial charge in [-0.3, -0.25) is 0 Å². The lowest BCUT2D eigenvalue weighted by molar-refractivity contribution is 0.415. The summed E-state index contributed by atoms with van der Waals surface area (Å²) in [6.07, 6.45) is 1.64. The molecule has 0 unspecified atom stereocenters. The number of nitrogens with zero attached hydrogens (tertiary/aromatic N) is 2. The summed E-state index contributed by atoms with van der Waals surface area (Å²) in [5.41, 5.74) is 3.90. The number of benzene rings is 3. The number of aromatic amines is 1. The smallest absolute Gasteiger partial charge is 0.268 e. The van der Waals surface area contributed by atoms with Crippen LogP contribution in [0.3, 0.4) is 0 Å². The van der Waals surface area contributed by atoms with Gasteiger partial charge in [0.15, 0.2) is 0 Å². The number of aryl methyl sites for hydroxylation is 1. The van der Waals surface area contributed by atoms with Gasteiger partial charge in [0, 0.05) is 29.4 Å². The van der Waals surface area contributed by atoms with E-state index in [2.05, 4.69) is 10.3 Å². The molecule has 0 spiro atoms. The molecule has 0 bridgehead atoms. The standard InChI is InChI=1S/C26H24N4O3S/c1-18-25(29-26(28-18)27-16-19-9-5-3-6-10-19)23-17-30(24-14-13-20(33-2)15-22(23)24)34(31,32)21-11-7-4-8-12-21/h3-15,17H,16H2,1-2H3,(H2,27,28,29). The molecular formula is C26H24N4O3S. The third-order valence-corrected chi connectivity index (χ3v) is 7.41. The lowest BCUT2D eigenvalue weighted by Crippen LogP contribution is -2.11. The monoisotopic (exact) mass is 472 g/mol. The largest absolute Gasteiger partial charge is 0.497 e. The van der Waals surface area contributed by atoms with Gasteiger partial charge in [0.1, 0.15) is 5.75 Å². The van der Waals surface area contributed by atoms with Gasteiger partial charge in [0.05, 0.1) is 23.2 Å². The Labute approximate surface area is 198 Å². The van der Waals surface area contributed by atoms with E-state index in [9.17, 15) is 8.42 Å². The predicted molar refractivity (Wildman–Crippen MR) is 134 cm³/mol. The van der Waals surface area contributed by atoms with Crippen LogP contribution >= 0.6 is 0 Å². The first-order valence-corrected chi connectivity index (χ1v) is 12.3. The van der Waals surface area contributed by atoms with Crippen LogP contribution < -0.4 is 10.1 Å². The highest BCUT2D eigenvalue weighted by Gasteiger charge is 2.24. The minimum atomic E-state index is -3.80. The van der Waals surface area contributed by atoms with E-state index in [0.717, 1.165) is 16.6 Å². The van der Waals surface area contributed by atoms with Crippen LogP contribution in [0.15, 0.2) is 90.0 Å². The lowest BCUT2D eigenvalue weighted by Gasteiger charge is -2.07. The van der Waals surface area contributed by atoms with Gasteiger partial charge < -0.3 is 15.0 Å². The number of imidazole rings is 1. The summed E-state index contributed by atoms with van der Waals surface area (Å²) < 4.78 is 33.7. The molecule has 3 aromatic carbocycles. The molecule has 5 rings (SSSR count). The number of H-pyrrole nitrogens is 1. The maximum absolute atomic E-state index is 13.5. The molecule has 5 aromatic rings. The van der Waals surface area contributed by atoms with Crippen LogP contribution in [-0.2, 0) is 16.6 Å². The van der Waals surface area contributed by atoms with Gasteiger partial charge in [-0.25, -0.2) is 17.4 Å². The van der Waals surface area contributed by atoms with Crippen LogP contribution in [0.2, 0.25) is 0 Å². The first-order valence-electron chi connectivity index (χ1n) is 10.8. The van der Waals surface area contributed by atoms with Crippen molar-refractivity contribution in [2.45, 2.75) is 18.4 Å². The van der Waals surface area contributed by atoms with E-state index in [-0.39, 0.29) is 4.90 Å². The molecule has 0 atom stereocenters. The first kappa shape index (κ1) is 21.8. The van der Waals surface area contributed by atoms with E-state index in [1.807, 2.05) is 43.3 Å². The van der Waals surface area contributed by atoms with Gasteiger partial charge in [-0.15, -0.1) is 0 Å². The highest BCUT2D eigenvalue weighted by Crippen LogP contribution is 2.36. The number of aromatic nitrogens is 3. The molecule has 0 fully saturated rings. The molecule has 0 saturated carbocycles. The number of nitrogens with one attached hydrogen (secondary N) is 2. The van der Waals surface area contributed by atoms with Crippen LogP contribution in [0.1, 0.15) is 11.3 Å². The number of ether oxygens (including phenoxy) is 1. The second kappa shape index (κ2) is 8.72. The Kier molecular flexibility index (Phi) is 5.59. The summed E-state index contributed by atoms with van der Waals surface area (Å²) in [4.78, 5) is 8.25. The number of rotatable bonds is 7. The SMILES string of the molecule is COc1ccc2c(c1)c(-c1nc(NCc3ccccc3)[nH]c1C)cn2S(=O)(=O)c1ccccc1. The Morgan fingerprint density at radius 1 is 1.00 bits per heavy atom. The Hall–Kier alpha value is -4.04. The van der Waals surface area contributed by atoms with Crippen LogP contribution in [0.4, 0.5) is 5.95 Å². The summed E-state index contributed by atoms with van der Waals surface area (Å²) in [7, 11) is -2.22. The van der Waals surface area contributed by atoms with Gasteiger partial charge in [-0.2, -0.15) is 0 Å². The van der Waals surface area contributed by atoms with E-state index >= 15 is 0 Å². The molecule has 0 aliphatic carbocycles. The molecule has 7 nitrogen and oxygen atoms in total. The fraction of sp³-hybridized carbons (Fsp3) is 0.115. The van der Waals surface area contributed by atoms with Crippen LogP contribution in [-0.4, -0.2) is 29.5 Å². The highest BCUT2D eigenvalue weighted by molar-refractivity contribution is 7.90. The van der Waals surface area contributed by atoms with E-state index in [1.165, 1.54) is 3.97 Å². The van der Waals surface area contributed by atoms with E-state index in [1.54, 1.807) is 55.8 Å². The van der Waals surface area contributed by atoms with Crippen molar-refractivity contribution in [3.05, 3.63) is 96.3 Å². The van der Waals surface area contributed by atoms with Crippen LogP contribution in [0, 0.1) is 6.92 Å². The van der Waals surface area contributed by atoms with Crippen LogP contribution in [0.5, 0.6) is 5.75 Å². The van der Waals surface area contributed by atoms with Crippen molar-refractivity contribution < 1.29 is 13.2 Å². The molecule has 0 radical (unpaired) electrons.